The zero-order valence-corrected chi connectivity index (χ0v) is 14.4. The number of thiophene rings is 1. The SMILES string of the molecule is CCOC(=O)c1ccsc1NC(=O)COc1ccc(OCC)cc1. The third-order valence-electron chi connectivity index (χ3n) is 2.92. The van der Waals surface area contributed by atoms with Gasteiger partial charge in [0.05, 0.1) is 18.8 Å². The lowest BCUT2D eigenvalue weighted by atomic mass is 10.3. The quantitative estimate of drug-likeness (QED) is 0.740. The van der Waals surface area contributed by atoms with Gasteiger partial charge in [-0.05, 0) is 49.6 Å². The largest absolute Gasteiger partial charge is 0.494 e. The highest BCUT2D eigenvalue weighted by molar-refractivity contribution is 7.14. The standard InChI is InChI=1S/C17H19NO5S/c1-3-21-12-5-7-13(8-6-12)23-11-15(19)18-16-14(9-10-24-16)17(20)22-4-2/h5-10H,3-4,11H2,1-2H3,(H,18,19). The molecule has 2 rings (SSSR count). The lowest BCUT2D eigenvalue weighted by Gasteiger charge is -2.09. The van der Waals surface area contributed by atoms with E-state index in [9.17, 15) is 9.59 Å². The number of carbonyl (C=O) groups is 2. The highest BCUT2D eigenvalue weighted by Gasteiger charge is 2.16. The van der Waals surface area contributed by atoms with E-state index in [4.69, 9.17) is 14.2 Å². The summed E-state index contributed by atoms with van der Waals surface area (Å²) < 4.78 is 15.7. The van der Waals surface area contributed by atoms with Crippen LogP contribution in [0.4, 0.5) is 5.00 Å². The Hall–Kier alpha value is -2.54. The molecule has 0 aliphatic carbocycles. The van der Waals surface area contributed by atoms with Gasteiger partial charge in [0.1, 0.15) is 16.5 Å². The molecule has 1 aromatic carbocycles. The van der Waals surface area contributed by atoms with Gasteiger partial charge < -0.3 is 19.5 Å². The van der Waals surface area contributed by atoms with E-state index in [1.54, 1.807) is 42.6 Å². The minimum absolute atomic E-state index is 0.159. The summed E-state index contributed by atoms with van der Waals surface area (Å²) in [5, 5.41) is 4.83. The summed E-state index contributed by atoms with van der Waals surface area (Å²) in [5.41, 5.74) is 0.344. The minimum Gasteiger partial charge on any atom is -0.494 e. The number of benzene rings is 1. The van der Waals surface area contributed by atoms with Crippen LogP contribution < -0.4 is 14.8 Å². The molecule has 128 valence electrons. The van der Waals surface area contributed by atoms with Crippen molar-refractivity contribution in [2.75, 3.05) is 25.1 Å². The van der Waals surface area contributed by atoms with Crippen molar-refractivity contribution >= 4 is 28.2 Å². The summed E-state index contributed by atoms with van der Waals surface area (Å²) in [6.45, 7) is 4.35. The van der Waals surface area contributed by atoms with Gasteiger partial charge in [0.25, 0.3) is 5.91 Å². The van der Waals surface area contributed by atoms with Crippen LogP contribution >= 0.6 is 11.3 Å². The van der Waals surface area contributed by atoms with Crippen LogP contribution in [0.25, 0.3) is 0 Å². The van der Waals surface area contributed by atoms with Crippen molar-refractivity contribution in [2.45, 2.75) is 13.8 Å². The highest BCUT2D eigenvalue weighted by atomic mass is 32.1. The van der Waals surface area contributed by atoms with Gasteiger partial charge in [-0.25, -0.2) is 4.79 Å². The molecular formula is C17H19NO5S. The van der Waals surface area contributed by atoms with Crippen LogP contribution in [0.1, 0.15) is 24.2 Å². The molecule has 6 nitrogen and oxygen atoms in total. The number of nitrogens with one attached hydrogen (secondary N) is 1. The average molecular weight is 349 g/mol. The van der Waals surface area contributed by atoms with E-state index in [1.807, 2.05) is 6.92 Å². The molecule has 0 bridgehead atoms. The third-order valence-corrected chi connectivity index (χ3v) is 3.75. The van der Waals surface area contributed by atoms with Gasteiger partial charge in [-0.15, -0.1) is 11.3 Å². The molecular weight excluding hydrogens is 330 g/mol. The van der Waals surface area contributed by atoms with Gasteiger partial charge in [-0.3, -0.25) is 4.79 Å². The summed E-state index contributed by atoms with van der Waals surface area (Å²) in [6, 6.07) is 8.62. The van der Waals surface area contributed by atoms with Crippen molar-refractivity contribution in [3.8, 4) is 11.5 Å². The molecule has 0 spiro atoms. The molecule has 1 N–H and O–H groups in total. The smallest absolute Gasteiger partial charge is 0.341 e. The number of ether oxygens (including phenoxy) is 3. The highest BCUT2D eigenvalue weighted by Crippen LogP contribution is 2.24. The summed E-state index contributed by atoms with van der Waals surface area (Å²) in [7, 11) is 0. The lowest BCUT2D eigenvalue weighted by Crippen LogP contribution is -2.21. The maximum absolute atomic E-state index is 12.0. The Labute approximate surface area is 144 Å². The van der Waals surface area contributed by atoms with Crippen LogP contribution in [0.2, 0.25) is 0 Å². The fourth-order valence-electron chi connectivity index (χ4n) is 1.89. The molecule has 0 fully saturated rings. The van der Waals surface area contributed by atoms with Gasteiger partial charge >= 0.3 is 5.97 Å². The number of rotatable bonds is 8. The maximum Gasteiger partial charge on any atom is 0.341 e. The predicted molar refractivity (Wildman–Crippen MR) is 92.0 cm³/mol. The minimum atomic E-state index is -0.457. The van der Waals surface area contributed by atoms with E-state index in [2.05, 4.69) is 5.32 Å². The van der Waals surface area contributed by atoms with Crippen molar-refractivity contribution in [1.82, 2.24) is 0 Å². The molecule has 0 atom stereocenters. The number of anilines is 1. The van der Waals surface area contributed by atoms with Crippen LogP contribution in [-0.4, -0.2) is 31.7 Å². The van der Waals surface area contributed by atoms with Crippen LogP contribution in [0, 0.1) is 0 Å². The summed E-state index contributed by atoms with van der Waals surface area (Å²) in [6.07, 6.45) is 0. The first-order valence-corrected chi connectivity index (χ1v) is 8.42. The number of carbonyl (C=O) groups excluding carboxylic acids is 2. The Balaban J connectivity index is 1.87. The zero-order valence-electron chi connectivity index (χ0n) is 13.5. The normalized spacial score (nSPS) is 10.1. The van der Waals surface area contributed by atoms with Gasteiger partial charge in [0.15, 0.2) is 6.61 Å². The fraction of sp³-hybridized carbons (Fsp3) is 0.294. The van der Waals surface area contributed by atoms with Crippen molar-refractivity contribution in [2.24, 2.45) is 0 Å². The molecule has 0 unspecified atom stereocenters. The summed E-state index contributed by atoms with van der Waals surface area (Å²) >= 11 is 1.26. The number of esters is 1. The monoisotopic (exact) mass is 349 g/mol. The first-order valence-electron chi connectivity index (χ1n) is 7.54. The first kappa shape index (κ1) is 17.8. The molecule has 0 aliphatic heterocycles. The lowest BCUT2D eigenvalue weighted by molar-refractivity contribution is -0.118. The molecule has 0 saturated carbocycles. The second kappa shape index (κ2) is 8.93. The molecule has 0 saturated heterocycles. The van der Waals surface area contributed by atoms with Crippen molar-refractivity contribution < 1.29 is 23.8 Å². The molecule has 0 radical (unpaired) electrons. The number of hydrogen-bond donors (Lipinski definition) is 1. The van der Waals surface area contributed by atoms with Crippen molar-refractivity contribution in [1.29, 1.82) is 0 Å². The molecule has 1 heterocycles. The van der Waals surface area contributed by atoms with E-state index in [-0.39, 0.29) is 19.1 Å². The third kappa shape index (κ3) is 4.99. The van der Waals surface area contributed by atoms with Crippen molar-refractivity contribution in [3.05, 3.63) is 41.3 Å². The molecule has 1 amide bonds. The van der Waals surface area contributed by atoms with E-state index < -0.39 is 5.97 Å². The van der Waals surface area contributed by atoms with E-state index >= 15 is 0 Å². The van der Waals surface area contributed by atoms with Gasteiger partial charge in [-0.2, -0.15) is 0 Å². The Bertz CT molecular complexity index is 681. The van der Waals surface area contributed by atoms with Crippen LogP contribution in [0.5, 0.6) is 11.5 Å². The fourth-order valence-corrected chi connectivity index (χ4v) is 2.68. The second-order valence-corrected chi connectivity index (χ2v) is 5.54. The zero-order chi connectivity index (χ0) is 17.4. The Morgan fingerprint density at radius 1 is 1.00 bits per heavy atom. The van der Waals surface area contributed by atoms with Crippen LogP contribution in [0.3, 0.4) is 0 Å². The van der Waals surface area contributed by atoms with E-state index in [0.29, 0.717) is 22.9 Å². The molecule has 24 heavy (non-hydrogen) atoms. The van der Waals surface area contributed by atoms with Gasteiger partial charge in [0, 0.05) is 0 Å². The first-order chi connectivity index (χ1) is 11.6. The van der Waals surface area contributed by atoms with E-state index in [1.165, 1.54) is 11.3 Å². The summed E-state index contributed by atoms with van der Waals surface area (Å²) in [4.78, 5) is 23.7. The van der Waals surface area contributed by atoms with E-state index in [0.717, 1.165) is 5.75 Å². The molecule has 2 aromatic rings. The van der Waals surface area contributed by atoms with Crippen LogP contribution in [-0.2, 0) is 9.53 Å². The average Bonchev–Trinajstić information content (AvgIpc) is 3.03. The maximum atomic E-state index is 12.0. The Morgan fingerprint density at radius 3 is 2.29 bits per heavy atom. The molecule has 0 aliphatic rings. The Morgan fingerprint density at radius 2 is 1.67 bits per heavy atom. The predicted octanol–water partition coefficient (Wildman–Crippen LogP) is 3.34. The molecule has 1 aromatic heterocycles. The van der Waals surface area contributed by atoms with Crippen LogP contribution in [0.15, 0.2) is 35.7 Å². The van der Waals surface area contributed by atoms with Crippen molar-refractivity contribution in [3.63, 3.8) is 0 Å². The number of hydrogen-bond acceptors (Lipinski definition) is 6. The summed E-state index contributed by atoms with van der Waals surface area (Å²) in [5.74, 6) is 0.496. The number of amides is 1. The topological polar surface area (TPSA) is 73.9 Å². The molecule has 7 heteroatoms. The van der Waals surface area contributed by atoms with Gasteiger partial charge in [0.2, 0.25) is 0 Å². The second-order valence-electron chi connectivity index (χ2n) is 4.63. The Kier molecular flexibility index (Phi) is 6.62. The van der Waals surface area contributed by atoms with Gasteiger partial charge in [-0.1, -0.05) is 0 Å².